The van der Waals surface area contributed by atoms with Gasteiger partial charge in [-0.05, 0) is 223 Å². The Bertz CT molecular complexity index is 3350. The van der Waals surface area contributed by atoms with E-state index >= 15 is 0 Å². The minimum atomic E-state index is -3.43. The van der Waals surface area contributed by atoms with Gasteiger partial charge in [0.1, 0.15) is 6.17 Å². The molecule has 2 unspecified atom stereocenters. The molecule has 1 saturated carbocycles. The quantitative estimate of drug-likeness (QED) is 0.122. The molecule has 3 aromatic rings. The van der Waals surface area contributed by atoms with Crippen LogP contribution in [0.25, 0.3) is 0 Å². The highest BCUT2D eigenvalue weighted by Gasteiger charge is 2.42. The van der Waals surface area contributed by atoms with Crippen LogP contribution in [0.1, 0.15) is 204 Å². The van der Waals surface area contributed by atoms with E-state index < -0.39 is 46.3 Å². The van der Waals surface area contributed by atoms with E-state index in [0.717, 1.165) is 140 Å². The zero-order chi connectivity index (χ0) is 73.0. The maximum absolute atomic E-state index is 14.2. The van der Waals surface area contributed by atoms with Crippen LogP contribution >= 0.6 is 0 Å². The summed E-state index contributed by atoms with van der Waals surface area (Å²) in [5.41, 5.74) is 0.509. The number of alkyl halides is 1. The standard InChI is InChI=1S/C15H20N2O2S.C14H21NO2S.C13H22FN3O.C11H21NO2S.C11H23NO2S.C11H21NO/c1-12(2)14-4-3-9-17(11-14)20(18,19)15-7-5-13(10-16)6-8-15;1-12(2)13-7-6-10-15(11-13)18(16,17)14-8-4-3-5-9-14;1-9-15-12(18-16-9)8-17-6-5-10(11(14)7-17)13(2,3)4;1-9(2)10-5-7-12(8-6-10)15(13,14)11-3-4-11;1-4-9-15(13,14)12-7-5-11(6-8-12)10(2)3;1-9(2)10-3-5-12(6-4-10)11-7-13-8-11/h5-8,12,14H,3-4,9,11H2,1-2H3;3-5,8-9,12-13H,6-7,10-11H2,1-2H3;10-11H,5-8H2,1-4H3;9-11H,3-8H2,1-2H3;10-11H,4-9H2,1-3H3;9-11H,3-8H2,1-2H3/t14-;13-;;;;/m11..../s1. The Hall–Kier alpha value is -3.48. The van der Waals surface area contributed by atoms with Gasteiger partial charge in [-0.2, -0.15) is 18.9 Å². The van der Waals surface area contributed by atoms with Gasteiger partial charge in [0.05, 0.1) is 58.2 Å². The summed E-state index contributed by atoms with van der Waals surface area (Å²) in [6.45, 7) is 44.2. The third-order valence-electron chi connectivity index (χ3n) is 22.1. The van der Waals surface area contributed by atoms with E-state index in [0.29, 0.717) is 115 Å². The summed E-state index contributed by atoms with van der Waals surface area (Å²) >= 11 is 0. The number of halogens is 1. The number of ether oxygens (including phenoxy) is 1. The summed E-state index contributed by atoms with van der Waals surface area (Å²) in [5, 5.41) is 12.5. The first kappa shape index (κ1) is 84.5. The summed E-state index contributed by atoms with van der Waals surface area (Å²) < 4.78 is 129. The van der Waals surface area contributed by atoms with E-state index in [1.165, 1.54) is 38.1 Å². The van der Waals surface area contributed by atoms with Crippen molar-refractivity contribution >= 4 is 40.1 Å². The fraction of sp³-hybridized carbons (Fsp3) is 0.800. The Morgan fingerprint density at radius 3 is 1.39 bits per heavy atom. The number of nitrogens with zero attached hydrogens (tertiary/aromatic N) is 9. The maximum atomic E-state index is 14.2. The Morgan fingerprint density at radius 2 is 1.01 bits per heavy atom. The van der Waals surface area contributed by atoms with E-state index in [1.807, 2.05) is 19.1 Å². The Kier molecular flexibility index (Phi) is 33.3. The van der Waals surface area contributed by atoms with Crippen molar-refractivity contribution in [3.05, 3.63) is 71.9 Å². The third-order valence-corrected chi connectivity index (χ3v) is 30.3. The predicted octanol–water partition coefficient (Wildman–Crippen LogP) is 13.6. The van der Waals surface area contributed by atoms with E-state index in [1.54, 1.807) is 60.5 Å². The van der Waals surface area contributed by atoms with Crippen molar-refractivity contribution in [2.75, 3.05) is 97.5 Å². The van der Waals surface area contributed by atoms with Crippen molar-refractivity contribution in [1.29, 1.82) is 5.26 Å². The van der Waals surface area contributed by atoms with Crippen molar-refractivity contribution in [2.45, 2.75) is 228 Å². The number of hydrogen-bond donors (Lipinski definition) is 0. The molecule has 8 aliphatic rings. The molecule has 8 fully saturated rings. The summed E-state index contributed by atoms with van der Waals surface area (Å²) in [6, 6.07) is 17.6. The second-order valence-corrected chi connectivity index (χ2v) is 40.2. The minimum absolute atomic E-state index is 0.0342. The molecule has 7 aliphatic heterocycles. The lowest BCUT2D eigenvalue weighted by Crippen LogP contribution is -2.52. The number of sulfonamides is 4. The van der Waals surface area contributed by atoms with Crippen LogP contribution in [-0.2, 0) is 51.4 Å². The molecule has 0 bridgehead atoms. The van der Waals surface area contributed by atoms with Crippen LogP contribution < -0.4 is 0 Å². The van der Waals surface area contributed by atoms with Crippen LogP contribution in [-0.4, -0.2) is 186 Å². The number of likely N-dealkylation sites (tertiary alicyclic amines) is 2. The summed E-state index contributed by atoms with van der Waals surface area (Å²) in [4.78, 5) is 9.51. The van der Waals surface area contributed by atoms with E-state index in [-0.39, 0.29) is 21.5 Å². The van der Waals surface area contributed by atoms with Crippen molar-refractivity contribution in [3.63, 3.8) is 0 Å². The third kappa shape index (κ3) is 25.7. The van der Waals surface area contributed by atoms with Crippen LogP contribution in [0.5, 0.6) is 0 Å². The van der Waals surface area contributed by atoms with Gasteiger partial charge in [-0.1, -0.05) is 120 Å². The zero-order valence-corrected chi connectivity index (χ0v) is 66.4. The number of nitriles is 1. The van der Waals surface area contributed by atoms with Gasteiger partial charge in [0.2, 0.25) is 46.0 Å². The normalized spacial score (nSPS) is 23.9. The molecule has 1 aromatic heterocycles. The van der Waals surface area contributed by atoms with Gasteiger partial charge in [0.25, 0.3) is 0 Å². The molecular formula is C75H128FN9O10S4. The van der Waals surface area contributed by atoms with Gasteiger partial charge in [-0.15, -0.1) is 0 Å². The molecule has 1 aliphatic carbocycles. The molecule has 19 nitrogen and oxygen atoms in total. The van der Waals surface area contributed by atoms with Crippen LogP contribution in [0.3, 0.4) is 0 Å². The average molecular weight is 1460 g/mol. The number of rotatable bonds is 17. The lowest BCUT2D eigenvalue weighted by Gasteiger charge is -2.42. The molecule has 0 amide bonds. The SMILES string of the molecule is CC(C)C1CCN(C2COC2)CC1.CC(C)C1CCN(S(=O)(=O)C2CC2)CC1.CC(C)[C@@H]1CCCN(S(=O)(=O)c2ccc(C#N)cc2)C1.CC(C)[C@@H]1CCCN(S(=O)(=O)c2ccccc2)C1.CCCS(=O)(=O)N1CCC(C(C)C)CC1.Cc1noc(CN2CCC(C(C)(C)C)C(F)C2)n1. The molecule has 4 atom stereocenters. The first-order valence-corrected chi connectivity index (χ1v) is 43.6. The van der Waals surface area contributed by atoms with Gasteiger partial charge in [0, 0.05) is 58.9 Å². The first-order valence-electron chi connectivity index (χ1n) is 37.6. The van der Waals surface area contributed by atoms with Gasteiger partial charge >= 0.3 is 0 Å². The van der Waals surface area contributed by atoms with E-state index in [2.05, 4.69) is 110 Å². The highest BCUT2D eigenvalue weighted by Crippen LogP contribution is 2.38. The summed E-state index contributed by atoms with van der Waals surface area (Å²) in [5.74, 6) is 8.24. The Morgan fingerprint density at radius 1 is 0.556 bits per heavy atom. The molecule has 0 radical (unpaired) electrons. The minimum Gasteiger partial charge on any atom is -0.378 e. The molecule has 24 heteroatoms. The van der Waals surface area contributed by atoms with E-state index in [9.17, 15) is 38.1 Å². The second-order valence-electron chi connectivity index (χ2n) is 32.0. The van der Waals surface area contributed by atoms with E-state index in [4.69, 9.17) is 14.5 Å². The molecule has 7 saturated heterocycles. The highest BCUT2D eigenvalue weighted by molar-refractivity contribution is 7.90. The number of benzene rings is 2. The highest BCUT2D eigenvalue weighted by atomic mass is 32.2. The molecule has 2 aromatic carbocycles. The van der Waals surface area contributed by atoms with Crippen LogP contribution in [0, 0.1) is 88.8 Å². The molecule has 99 heavy (non-hydrogen) atoms. The maximum Gasteiger partial charge on any atom is 0.243 e. The smallest absolute Gasteiger partial charge is 0.243 e. The Balaban J connectivity index is 0.000000188. The van der Waals surface area contributed by atoms with Gasteiger partial charge in [-0.3, -0.25) is 9.80 Å². The molecule has 0 spiro atoms. The molecular weight excluding hydrogens is 1330 g/mol. The summed E-state index contributed by atoms with van der Waals surface area (Å²) in [6.07, 6.45) is 13.6. The van der Waals surface area contributed by atoms with Gasteiger partial charge < -0.3 is 9.26 Å². The topological polar surface area (TPSA) is 228 Å². The van der Waals surface area contributed by atoms with Gasteiger partial charge in [0.15, 0.2) is 5.82 Å². The van der Waals surface area contributed by atoms with Crippen LogP contribution in [0.15, 0.2) is 68.9 Å². The van der Waals surface area contributed by atoms with Crippen molar-refractivity contribution in [2.24, 2.45) is 70.5 Å². The molecule has 8 heterocycles. The fourth-order valence-corrected chi connectivity index (χ4v) is 21.2. The van der Waals surface area contributed by atoms with Gasteiger partial charge in [-0.25, -0.2) is 46.7 Å². The zero-order valence-electron chi connectivity index (χ0n) is 63.1. The molecule has 564 valence electrons. The van der Waals surface area contributed by atoms with Crippen molar-refractivity contribution in [3.8, 4) is 6.07 Å². The number of hydrogen-bond acceptors (Lipinski definition) is 15. The average Bonchev–Trinajstić information content (AvgIpc) is 1.56. The Labute approximate surface area is 599 Å². The first-order chi connectivity index (χ1) is 46.6. The number of aryl methyl sites for hydroxylation is 1. The largest absolute Gasteiger partial charge is 0.378 e. The van der Waals surface area contributed by atoms with Crippen LogP contribution in [0.2, 0.25) is 0 Å². The second kappa shape index (κ2) is 39.0. The number of piperidine rings is 6. The van der Waals surface area contributed by atoms with Crippen LogP contribution in [0.4, 0.5) is 4.39 Å². The van der Waals surface area contributed by atoms with Crippen molar-refractivity contribution < 1.29 is 47.3 Å². The van der Waals surface area contributed by atoms with Crippen molar-refractivity contribution in [1.82, 2.24) is 37.2 Å². The fourth-order valence-electron chi connectivity index (χ4n) is 14.7. The summed E-state index contributed by atoms with van der Waals surface area (Å²) in [7, 11) is -12.6. The molecule has 0 N–H and O–H groups in total. The number of aromatic nitrogens is 2. The molecule has 11 rings (SSSR count). The lowest BCUT2D eigenvalue weighted by molar-refractivity contribution is -0.0753. The lowest BCUT2D eigenvalue weighted by atomic mass is 9.74. The monoisotopic (exact) mass is 1460 g/mol. The predicted molar refractivity (Wildman–Crippen MR) is 395 cm³/mol.